The fraction of sp³-hybridized carbons (Fsp3) is 0. The number of benzene rings is 3. The van der Waals surface area contributed by atoms with Gasteiger partial charge in [0.15, 0.2) is 4.90 Å². The van der Waals surface area contributed by atoms with Crippen LogP contribution < -0.4 is 0 Å². The first kappa shape index (κ1) is 22.2. The van der Waals surface area contributed by atoms with Gasteiger partial charge in [-0.05, 0) is 71.8 Å². The van der Waals surface area contributed by atoms with E-state index in [1.807, 2.05) is 18.2 Å². The van der Waals surface area contributed by atoms with Crippen molar-refractivity contribution in [1.29, 1.82) is 0 Å². The molecule has 0 saturated carbocycles. The van der Waals surface area contributed by atoms with Gasteiger partial charge in [0.2, 0.25) is 0 Å². The number of hydrogen-bond donors (Lipinski definition) is 0. The van der Waals surface area contributed by atoms with Crippen molar-refractivity contribution in [3.8, 4) is 22.3 Å². The van der Waals surface area contributed by atoms with E-state index in [1.165, 1.54) is 24.3 Å². The van der Waals surface area contributed by atoms with Gasteiger partial charge in [0.05, 0.1) is 0 Å². The van der Waals surface area contributed by atoms with Crippen LogP contribution in [0.1, 0.15) is 0 Å². The minimum atomic E-state index is -10.7. The Morgan fingerprint density at radius 1 is 0.536 bits per heavy atom. The minimum absolute atomic E-state index is 0.255. The van der Waals surface area contributed by atoms with Crippen molar-refractivity contribution in [1.82, 2.24) is 0 Å². The summed E-state index contributed by atoms with van der Waals surface area (Å²) in [5, 5.41) is 0. The molecule has 0 saturated heterocycles. The fourth-order valence-electron chi connectivity index (χ4n) is 2.23. The topological polar surface area (TPSA) is 0 Å². The molecule has 3 aromatic rings. The van der Waals surface area contributed by atoms with Crippen LogP contribution in [-0.2, 0) is 12.6 Å². The van der Waals surface area contributed by atoms with E-state index in [1.54, 1.807) is 24.3 Å². The van der Waals surface area contributed by atoms with Crippen LogP contribution in [0.5, 0.6) is 0 Å². The largest absolute Gasteiger partial charge is 0.207 e. The molecule has 0 unspecified atom stereocenters. The Morgan fingerprint density at radius 3 is 1.32 bits per heavy atom. The second-order valence-corrected chi connectivity index (χ2v) is 8.19. The normalized spacial score (nSPS) is 13.8. The Bertz CT molecular complexity index is 954. The van der Waals surface area contributed by atoms with Gasteiger partial charge in [0.1, 0.15) is 11.6 Å². The van der Waals surface area contributed by atoms with Crippen LogP contribution in [0.4, 0.5) is 34.0 Å². The molecule has 28 heavy (non-hydrogen) atoms. The Balaban J connectivity index is 0.000000345. The predicted molar refractivity (Wildman–Crippen MR) is 99.2 cm³/mol. The molecule has 0 N–H and O–H groups in total. The Morgan fingerprint density at radius 2 is 0.893 bits per heavy atom. The van der Waals surface area contributed by atoms with E-state index in [0.29, 0.717) is 0 Å². The van der Waals surface area contributed by atoms with E-state index < -0.39 is 7.81 Å². The maximum atomic E-state index is 13.0. The molecular weight excluding hydrogens is 431 g/mol. The third kappa shape index (κ3) is 8.27. The van der Waals surface area contributed by atoms with Crippen molar-refractivity contribution in [3.05, 3.63) is 78.4 Å². The first-order valence-corrected chi connectivity index (χ1v) is 10.1. The van der Waals surface area contributed by atoms with Crippen molar-refractivity contribution in [2.75, 3.05) is 0 Å². The molecule has 0 amide bonds. The van der Waals surface area contributed by atoms with Crippen LogP contribution in [0.3, 0.4) is 0 Å². The molecule has 3 rings (SSSR count). The number of rotatable bonds is 2. The van der Waals surface area contributed by atoms with Crippen molar-refractivity contribution < 1.29 is 34.0 Å². The van der Waals surface area contributed by atoms with E-state index in [0.717, 1.165) is 27.1 Å². The summed E-state index contributed by atoms with van der Waals surface area (Å²) in [4.78, 5) is 0.924. The monoisotopic (exact) mass is 444 g/mol. The first-order chi connectivity index (χ1) is 12.6. The summed E-state index contributed by atoms with van der Waals surface area (Å²) >= 11 is 3.57. The molecule has 0 fully saturated rings. The molecule has 0 nitrogen and oxygen atoms in total. The summed E-state index contributed by atoms with van der Waals surface area (Å²) in [6.45, 7) is 0. The van der Waals surface area contributed by atoms with E-state index in [4.69, 9.17) is 0 Å². The van der Waals surface area contributed by atoms with Crippen LogP contribution >= 0.6 is 7.81 Å². The average molecular weight is 444 g/mol. The molecular formula is C18H13F8PS. The third-order valence-electron chi connectivity index (χ3n) is 3.35. The molecule has 0 radical (unpaired) electrons. The molecule has 10 heteroatoms. The van der Waals surface area contributed by atoms with E-state index in [9.17, 15) is 34.0 Å². The maximum Gasteiger partial charge on any atom is 0.158 e. The van der Waals surface area contributed by atoms with E-state index >= 15 is 0 Å². The van der Waals surface area contributed by atoms with Crippen LogP contribution in [0.25, 0.3) is 22.3 Å². The van der Waals surface area contributed by atoms with Crippen molar-refractivity contribution in [3.63, 3.8) is 0 Å². The molecule has 152 valence electrons. The molecule has 0 heterocycles. The summed E-state index contributed by atoms with van der Waals surface area (Å²) < 4.78 is 85.2. The second kappa shape index (κ2) is 7.04. The summed E-state index contributed by atoms with van der Waals surface area (Å²) in [7, 11) is -10.7. The van der Waals surface area contributed by atoms with Crippen LogP contribution in [0.2, 0.25) is 0 Å². The molecule has 3 aromatic carbocycles. The van der Waals surface area contributed by atoms with Crippen LogP contribution in [-0.4, -0.2) is 0 Å². The van der Waals surface area contributed by atoms with Gasteiger partial charge in [-0.25, -0.2) is 8.78 Å². The summed E-state index contributed by atoms with van der Waals surface area (Å²) in [6.07, 6.45) is 0. The third-order valence-corrected chi connectivity index (χ3v) is 3.79. The molecule has 0 aliphatic heterocycles. The SMILES string of the molecule is F[P-](F)(F)(F)(F)F.Fc1ccc(-c2ccc([SH2+])c(-c3ccc(F)cc3)c2)cc1. The Hall–Kier alpha value is -2.12. The molecule has 0 spiro atoms. The van der Waals surface area contributed by atoms with Crippen LogP contribution in [0.15, 0.2) is 71.6 Å². The summed E-state index contributed by atoms with van der Waals surface area (Å²) in [5.74, 6) is -0.516. The summed E-state index contributed by atoms with van der Waals surface area (Å²) in [6, 6.07) is 18.6. The molecule has 0 bridgehead atoms. The Labute approximate surface area is 160 Å². The van der Waals surface area contributed by atoms with Gasteiger partial charge in [0.25, 0.3) is 0 Å². The smallest absolute Gasteiger partial charge is 0.158 e. The molecule has 0 aliphatic rings. The molecule has 0 aliphatic carbocycles. The minimum Gasteiger partial charge on any atom is -0.207 e. The second-order valence-electron chi connectivity index (χ2n) is 5.73. The zero-order chi connectivity index (χ0) is 21.2. The van der Waals surface area contributed by atoms with Gasteiger partial charge >= 0.3 is 33.0 Å². The fourth-order valence-corrected chi connectivity index (χ4v) is 2.53. The van der Waals surface area contributed by atoms with Crippen molar-refractivity contribution in [2.24, 2.45) is 0 Å². The Kier molecular flexibility index (Phi) is 5.58. The van der Waals surface area contributed by atoms with Gasteiger partial charge in [-0.2, -0.15) is 0 Å². The van der Waals surface area contributed by atoms with E-state index in [-0.39, 0.29) is 11.6 Å². The van der Waals surface area contributed by atoms with Crippen LogP contribution in [0, 0.1) is 11.6 Å². The quantitative estimate of drug-likeness (QED) is 0.213. The molecule has 0 aromatic heterocycles. The zero-order valence-corrected chi connectivity index (χ0v) is 15.7. The maximum absolute atomic E-state index is 13.0. The number of halogens is 8. The molecule has 0 atom stereocenters. The van der Waals surface area contributed by atoms with Gasteiger partial charge in [-0.1, -0.05) is 24.3 Å². The predicted octanol–water partition coefficient (Wildman–Crippen LogP) is 8.05. The van der Waals surface area contributed by atoms with Gasteiger partial charge in [-0.15, -0.1) is 0 Å². The van der Waals surface area contributed by atoms with Gasteiger partial charge in [0, 0.05) is 5.56 Å². The standard InChI is InChI=1S/C18H12F2S.F6P/c19-15-6-1-12(2-7-15)14-5-10-18(21)17(11-14)13-3-8-16(20)9-4-13;1-7(2,3,4,5)6/h1-11,21H;/q;-1/p+1. The zero-order valence-electron chi connectivity index (χ0n) is 13.8. The van der Waals surface area contributed by atoms with Crippen molar-refractivity contribution in [2.45, 2.75) is 4.90 Å². The van der Waals surface area contributed by atoms with Gasteiger partial charge < -0.3 is 0 Å². The average Bonchev–Trinajstić information content (AvgIpc) is 2.54. The van der Waals surface area contributed by atoms with Gasteiger partial charge in [-0.3, -0.25) is 0 Å². The van der Waals surface area contributed by atoms with E-state index in [2.05, 4.69) is 12.6 Å². The number of hydrogen-bond acceptors (Lipinski definition) is 0. The van der Waals surface area contributed by atoms with Crippen molar-refractivity contribution >= 4 is 20.4 Å². The summed E-state index contributed by atoms with van der Waals surface area (Å²) in [5.41, 5.74) is 3.81. The first-order valence-electron chi connectivity index (χ1n) is 7.52.